The van der Waals surface area contributed by atoms with Crippen LogP contribution < -0.4 is 10.2 Å². The number of nitrogens with zero attached hydrogens (tertiary/aromatic N) is 1. The second-order valence-corrected chi connectivity index (χ2v) is 6.91. The number of benzene rings is 2. The molecule has 2 aromatic carbocycles. The van der Waals surface area contributed by atoms with Crippen molar-refractivity contribution in [2.24, 2.45) is 0 Å². The lowest BCUT2D eigenvalue weighted by molar-refractivity contribution is -0.118. The SMILES string of the molecule is Cc1ccc(N2CCC(NC(=O)c3cc4ccc(C)cc4[nH]3)C2=O)cc1. The predicted octanol–water partition coefficient (Wildman–Crippen LogP) is 3.32. The normalized spacial score (nSPS) is 17.1. The third-order valence-corrected chi connectivity index (χ3v) is 4.88. The van der Waals surface area contributed by atoms with Gasteiger partial charge in [0.25, 0.3) is 5.91 Å². The molecule has 2 amide bonds. The Morgan fingerprint density at radius 2 is 1.81 bits per heavy atom. The van der Waals surface area contributed by atoms with Crippen LogP contribution in [0, 0.1) is 13.8 Å². The molecular weight excluding hydrogens is 326 g/mol. The summed E-state index contributed by atoms with van der Waals surface area (Å²) < 4.78 is 0. The fraction of sp³-hybridized carbons (Fsp3) is 0.238. The van der Waals surface area contributed by atoms with Crippen molar-refractivity contribution in [3.8, 4) is 0 Å². The van der Waals surface area contributed by atoms with Crippen molar-refractivity contribution in [3.63, 3.8) is 0 Å². The van der Waals surface area contributed by atoms with Crippen LogP contribution in [0.1, 0.15) is 28.0 Å². The van der Waals surface area contributed by atoms with Gasteiger partial charge in [-0.05, 0) is 50.1 Å². The molecular formula is C21H21N3O2. The zero-order chi connectivity index (χ0) is 18.3. The fourth-order valence-corrected chi connectivity index (χ4v) is 3.39. The van der Waals surface area contributed by atoms with E-state index >= 15 is 0 Å². The largest absolute Gasteiger partial charge is 0.351 e. The van der Waals surface area contributed by atoms with Crippen LogP contribution >= 0.6 is 0 Å². The maximum absolute atomic E-state index is 12.7. The van der Waals surface area contributed by atoms with Gasteiger partial charge in [-0.25, -0.2) is 0 Å². The number of aryl methyl sites for hydroxylation is 2. The summed E-state index contributed by atoms with van der Waals surface area (Å²) >= 11 is 0. The number of carbonyl (C=O) groups is 2. The number of H-pyrrole nitrogens is 1. The highest BCUT2D eigenvalue weighted by atomic mass is 16.2. The summed E-state index contributed by atoms with van der Waals surface area (Å²) in [5, 5.41) is 3.86. The molecule has 1 atom stereocenters. The Kier molecular flexibility index (Phi) is 3.99. The molecule has 1 aromatic heterocycles. The number of fused-ring (bicyclic) bond motifs is 1. The number of hydrogen-bond donors (Lipinski definition) is 2. The first kappa shape index (κ1) is 16.4. The molecule has 2 heterocycles. The molecule has 1 saturated heterocycles. The summed E-state index contributed by atoms with van der Waals surface area (Å²) in [4.78, 5) is 30.1. The predicted molar refractivity (Wildman–Crippen MR) is 102 cm³/mol. The smallest absolute Gasteiger partial charge is 0.268 e. The minimum Gasteiger partial charge on any atom is -0.351 e. The Bertz CT molecular complexity index is 988. The Labute approximate surface area is 152 Å². The second-order valence-electron chi connectivity index (χ2n) is 6.91. The van der Waals surface area contributed by atoms with Gasteiger partial charge >= 0.3 is 0 Å². The van der Waals surface area contributed by atoms with E-state index in [9.17, 15) is 9.59 Å². The van der Waals surface area contributed by atoms with Gasteiger partial charge < -0.3 is 15.2 Å². The molecule has 5 nitrogen and oxygen atoms in total. The zero-order valence-corrected chi connectivity index (χ0v) is 14.9. The van der Waals surface area contributed by atoms with Gasteiger partial charge in [0.15, 0.2) is 0 Å². The molecule has 3 aromatic rings. The summed E-state index contributed by atoms with van der Waals surface area (Å²) in [5.41, 5.74) is 4.56. The number of amides is 2. The molecule has 5 heteroatoms. The minimum atomic E-state index is -0.489. The summed E-state index contributed by atoms with van der Waals surface area (Å²) in [6, 6.07) is 15.2. The van der Waals surface area contributed by atoms with Crippen molar-refractivity contribution in [1.82, 2.24) is 10.3 Å². The molecule has 4 rings (SSSR count). The molecule has 2 N–H and O–H groups in total. The van der Waals surface area contributed by atoms with Crippen LogP contribution in [0.25, 0.3) is 10.9 Å². The number of aromatic nitrogens is 1. The van der Waals surface area contributed by atoms with Gasteiger partial charge in [-0.1, -0.05) is 29.8 Å². The van der Waals surface area contributed by atoms with E-state index in [1.54, 1.807) is 4.90 Å². The molecule has 0 saturated carbocycles. The summed E-state index contributed by atoms with van der Waals surface area (Å²) in [7, 11) is 0. The number of carbonyl (C=O) groups excluding carboxylic acids is 2. The quantitative estimate of drug-likeness (QED) is 0.763. The van der Waals surface area contributed by atoms with E-state index in [4.69, 9.17) is 0 Å². The number of anilines is 1. The van der Waals surface area contributed by atoms with Crippen molar-refractivity contribution in [3.05, 3.63) is 65.4 Å². The van der Waals surface area contributed by atoms with Crippen LogP contribution in [0.4, 0.5) is 5.69 Å². The highest BCUT2D eigenvalue weighted by Gasteiger charge is 2.33. The molecule has 0 aliphatic carbocycles. The summed E-state index contributed by atoms with van der Waals surface area (Å²) in [6.45, 7) is 4.63. The van der Waals surface area contributed by atoms with Crippen LogP contribution in [0.15, 0.2) is 48.5 Å². The van der Waals surface area contributed by atoms with E-state index in [2.05, 4.69) is 10.3 Å². The Balaban J connectivity index is 1.49. The second kappa shape index (κ2) is 6.33. The van der Waals surface area contributed by atoms with E-state index in [1.807, 2.05) is 62.4 Å². The molecule has 0 spiro atoms. The first-order valence-corrected chi connectivity index (χ1v) is 8.79. The average molecular weight is 347 g/mol. The van der Waals surface area contributed by atoms with Crippen LogP contribution in [0.5, 0.6) is 0 Å². The topological polar surface area (TPSA) is 65.2 Å². The van der Waals surface area contributed by atoms with E-state index in [0.717, 1.165) is 27.7 Å². The Hall–Kier alpha value is -3.08. The van der Waals surface area contributed by atoms with E-state index < -0.39 is 6.04 Å². The summed E-state index contributed by atoms with van der Waals surface area (Å²) in [6.07, 6.45) is 0.609. The molecule has 132 valence electrons. The van der Waals surface area contributed by atoms with Crippen molar-refractivity contribution >= 4 is 28.4 Å². The third-order valence-electron chi connectivity index (χ3n) is 4.88. The van der Waals surface area contributed by atoms with Crippen molar-refractivity contribution in [2.75, 3.05) is 11.4 Å². The number of aromatic amines is 1. The number of rotatable bonds is 3. The van der Waals surface area contributed by atoms with Gasteiger partial charge in [0.2, 0.25) is 5.91 Å². The molecule has 0 radical (unpaired) electrons. The van der Waals surface area contributed by atoms with Gasteiger partial charge in [-0.3, -0.25) is 9.59 Å². The highest BCUT2D eigenvalue weighted by molar-refractivity contribution is 6.04. The maximum Gasteiger partial charge on any atom is 0.268 e. The first-order chi connectivity index (χ1) is 12.5. The van der Waals surface area contributed by atoms with E-state index in [1.165, 1.54) is 0 Å². The zero-order valence-electron chi connectivity index (χ0n) is 14.9. The monoisotopic (exact) mass is 347 g/mol. The van der Waals surface area contributed by atoms with Gasteiger partial charge in [0.05, 0.1) is 0 Å². The molecule has 1 aliphatic rings. The van der Waals surface area contributed by atoms with Gasteiger partial charge in [0, 0.05) is 23.1 Å². The Morgan fingerprint density at radius 1 is 1.08 bits per heavy atom. The standard InChI is InChI=1S/C21H21N3O2/c1-13-4-7-16(8-5-13)24-10-9-17(21(24)26)23-20(25)19-12-15-6-3-14(2)11-18(15)22-19/h3-8,11-12,17,22H,9-10H2,1-2H3,(H,23,25). The molecule has 1 unspecified atom stereocenters. The Morgan fingerprint density at radius 3 is 2.58 bits per heavy atom. The third kappa shape index (κ3) is 2.96. The van der Waals surface area contributed by atoms with Crippen molar-refractivity contribution in [2.45, 2.75) is 26.3 Å². The highest BCUT2D eigenvalue weighted by Crippen LogP contribution is 2.23. The van der Waals surface area contributed by atoms with Gasteiger partial charge in [-0.15, -0.1) is 0 Å². The lowest BCUT2D eigenvalue weighted by Crippen LogP contribution is -2.41. The van der Waals surface area contributed by atoms with E-state index in [-0.39, 0.29) is 11.8 Å². The maximum atomic E-state index is 12.7. The van der Waals surface area contributed by atoms with Crippen LogP contribution in [0.3, 0.4) is 0 Å². The molecule has 1 fully saturated rings. The number of hydrogen-bond acceptors (Lipinski definition) is 2. The average Bonchev–Trinajstić information content (AvgIpc) is 3.20. The molecule has 26 heavy (non-hydrogen) atoms. The molecule has 1 aliphatic heterocycles. The van der Waals surface area contributed by atoms with Gasteiger partial charge in [0.1, 0.15) is 11.7 Å². The van der Waals surface area contributed by atoms with Crippen LogP contribution in [0.2, 0.25) is 0 Å². The van der Waals surface area contributed by atoms with Gasteiger partial charge in [-0.2, -0.15) is 0 Å². The first-order valence-electron chi connectivity index (χ1n) is 8.79. The van der Waals surface area contributed by atoms with Crippen molar-refractivity contribution < 1.29 is 9.59 Å². The molecule has 0 bridgehead atoms. The lowest BCUT2D eigenvalue weighted by atomic mass is 10.2. The van der Waals surface area contributed by atoms with Crippen LogP contribution in [-0.4, -0.2) is 29.4 Å². The fourth-order valence-electron chi connectivity index (χ4n) is 3.39. The minimum absolute atomic E-state index is 0.0610. The van der Waals surface area contributed by atoms with E-state index in [0.29, 0.717) is 18.7 Å². The number of nitrogens with one attached hydrogen (secondary N) is 2. The summed E-state index contributed by atoms with van der Waals surface area (Å²) in [5.74, 6) is -0.308. The van der Waals surface area contributed by atoms with Crippen LogP contribution in [-0.2, 0) is 4.79 Å². The van der Waals surface area contributed by atoms with Crippen molar-refractivity contribution in [1.29, 1.82) is 0 Å². The lowest BCUT2D eigenvalue weighted by Gasteiger charge is -2.17.